The van der Waals surface area contributed by atoms with Crippen molar-refractivity contribution in [3.05, 3.63) is 58.4 Å². The molecule has 0 fully saturated rings. The third kappa shape index (κ3) is 1.95. The van der Waals surface area contributed by atoms with Gasteiger partial charge in [-0.3, -0.25) is 4.79 Å². The Morgan fingerprint density at radius 2 is 1.87 bits per heavy atom. The lowest BCUT2D eigenvalue weighted by Crippen LogP contribution is -2.08. The quantitative estimate of drug-likeness (QED) is 0.775. The molecule has 76 valence electrons. The maximum absolute atomic E-state index is 11.5. The second-order valence-electron chi connectivity index (χ2n) is 3.20. The fourth-order valence-corrected chi connectivity index (χ4v) is 1.77. The van der Waals surface area contributed by atoms with E-state index in [0.29, 0.717) is 5.56 Å². The van der Waals surface area contributed by atoms with Crippen LogP contribution in [0.25, 0.3) is 11.3 Å². The first kappa shape index (κ1) is 9.99. The number of H-pyrrole nitrogens is 1. The van der Waals surface area contributed by atoms with Crippen LogP contribution in [0.1, 0.15) is 5.56 Å². The van der Waals surface area contributed by atoms with Crippen LogP contribution in [0.5, 0.6) is 0 Å². The van der Waals surface area contributed by atoms with Crippen molar-refractivity contribution in [2.24, 2.45) is 0 Å². The van der Waals surface area contributed by atoms with Crippen molar-refractivity contribution >= 4 is 11.6 Å². The van der Waals surface area contributed by atoms with Gasteiger partial charge in [0.25, 0.3) is 0 Å². The van der Waals surface area contributed by atoms with E-state index in [9.17, 15) is 4.79 Å². The van der Waals surface area contributed by atoms with E-state index in [2.05, 4.69) is 4.98 Å². The predicted molar refractivity (Wildman–Crippen MR) is 62.1 cm³/mol. The molecule has 1 aromatic carbocycles. The minimum atomic E-state index is -0.0254. The van der Waals surface area contributed by atoms with Gasteiger partial charge in [0.05, 0.1) is 11.6 Å². The van der Waals surface area contributed by atoms with Gasteiger partial charge in [-0.2, -0.15) is 0 Å². The second kappa shape index (κ2) is 4.32. The number of benzene rings is 1. The lowest BCUT2D eigenvalue weighted by atomic mass is 10.1. The van der Waals surface area contributed by atoms with E-state index >= 15 is 0 Å². The molecule has 0 unspecified atom stereocenters. The molecule has 1 heterocycles. The van der Waals surface area contributed by atoms with Gasteiger partial charge < -0.3 is 4.98 Å². The summed E-state index contributed by atoms with van der Waals surface area (Å²) in [4.78, 5) is 14.6. The average molecular weight is 220 g/mol. The number of rotatable bonds is 2. The molecule has 2 rings (SSSR count). The second-order valence-corrected chi connectivity index (χ2v) is 3.46. The average Bonchev–Trinajstić information content (AvgIpc) is 2.30. The highest BCUT2D eigenvalue weighted by atomic mass is 35.5. The Labute approximate surface area is 92.5 Å². The first-order valence-electron chi connectivity index (χ1n) is 4.65. The van der Waals surface area contributed by atoms with Crippen LogP contribution in [0.3, 0.4) is 0 Å². The van der Waals surface area contributed by atoms with Crippen molar-refractivity contribution in [3.63, 3.8) is 0 Å². The molecule has 0 aliphatic rings. The zero-order valence-corrected chi connectivity index (χ0v) is 8.79. The smallest absolute Gasteiger partial charge is 0.186 e. The van der Waals surface area contributed by atoms with Crippen LogP contribution in [0.15, 0.2) is 47.4 Å². The highest BCUT2D eigenvalue weighted by molar-refractivity contribution is 6.17. The van der Waals surface area contributed by atoms with Crippen LogP contribution in [-0.2, 0) is 5.88 Å². The van der Waals surface area contributed by atoms with Gasteiger partial charge >= 0.3 is 0 Å². The summed E-state index contributed by atoms with van der Waals surface area (Å²) >= 11 is 5.77. The number of hydrogen-bond donors (Lipinski definition) is 1. The Morgan fingerprint density at radius 3 is 2.53 bits per heavy atom. The van der Waals surface area contributed by atoms with Crippen molar-refractivity contribution < 1.29 is 0 Å². The van der Waals surface area contributed by atoms with Gasteiger partial charge in [0.2, 0.25) is 0 Å². The summed E-state index contributed by atoms with van der Waals surface area (Å²) in [6.45, 7) is 0. The molecule has 3 heteroatoms. The summed E-state index contributed by atoms with van der Waals surface area (Å²) in [5.74, 6) is 0.223. The number of alkyl halides is 1. The number of pyridine rings is 1. The Balaban J connectivity index is 2.63. The topological polar surface area (TPSA) is 32.9 Å². The van der Waals surface area contributed by atoms with Gasteiger partial charge in [0.15, 0.2) is 5.43 Å². The highest BCUT2D eigenvalue weighted by Gasteiger charge is 2.06. The minimum absolute atomic E-state index is 0.0254. The Morgan fingerprint density at radius 1 is 1.13 bits per heavy atom. The third-order valence-corrected chi connectivity index (χ3v) is 2.52. The highest BCUT2D eigenvalue weighted by Crippen LogP contribution is 2.19. The molecule has 1 N–H and O–H groups in total. The summed E-state index contributed by atoms with van der Waals surface area (Å²) in [7, 11) is 0. The van der Waals surface area contributed by atoms with Gasteiger partial charge in [0, 0.05) is 17.8 Å². The largest absolute Gasteiger partial charge is 0.361 e. The summed E-state index contributed by atoms with van der Waals surface area (Å²) in [5, 5.41) is 0. The standard InChI is InChI=1S/C12H10ClNO/c13-8-10-11(15)6-7-14-12(10)9-4-2-1-3-5-9/h1-7H,8H2,(H,14,15). The first-order valence-corrected chi connectivity index (χ1v) is 5.18. The molecule has 0 aliphatic heterocycles. The maximum atomic E-state index is 11.5. The molecule has 0 saturated heterocycles. The van der Waals surface area contributed by atoms with Crippen LogP contribution in [0, 0.1) is 0 Å². The zero-order valence-electron chi connectivity index (χ0n) is 8.03. The van der Waals surface area contributed by atoms with Gasteiger partial charge in [0.1, 0.15) is 0 Å². The van der Waals surface area contributed by atoms with E-state index in [1.165, 1.54) is 6.07 Å². The van der Waals surface area contributed by atoms with Crippen LogP contribution in [-0.4, -0.2) is 4.98 Å². The van der Waals surface area contributed by atoms with Crippen molar-refractivity contribution in [2.45, 2.75) is 5.88 Å². The van der Waals surface area contributed by atoms with Crippen LogP contribution in [0.2, 0.25) is 0 Å². The van der Waals surface area contributed by atoms with Crippen LogP contribution < -0.4 is 5.43 Å². The Bertz CT molecular complexity index is 505. The Kier molecular flexibility index (Phi) is 2.88. The minimum Gasteiger partial charge on any atom is -0.361 e. The molecule has 15 heavy (non-hydrogen) atoms. The SMILES string of the molecule is O=c1cc[nH]c(-c2ccccc2)c1CCl. The van der Waals surface area contributed by atoms with Crippen LogP contribution >= 0.6 is 11.6 Å². The lowest BCUT2D eigenvalue weighted by Gasteiger charge is -2.05. The summed E-state index contributed by atoms with van der Waals surface area (Å²) in [6.07, 6.45) is 1.64. The van der Waals surface area contributed by atoms with Crippen molar-refractivity contribution in [2.75, 3.05) is 0 Å². The number of halogens is 1. The van der Waals surface area contributed by atoms with E-state index in [4.69, 9.17) is 11.6 Å². The molecule has 0 spiro atoms. The Hall–Kier alpha value is -1.54. The van der Waals surface area contributed by atoms with E-state index in [0.717, 1.165) is 11.3 Å². The molecule has 0 radical (unpaired) electrons. The molecule has 1 aromatic heterocycles. The summed E-state index contributed by atoms with van der Waals surface area (Å²) in [6, 6.07) is 11.2. The summed E-state index contributed by atoms with van der Waals surface area (Å²) in [5.41, 5.74) is 2.37. The fraction of sp³-hybridized carbons (Fsp3) is 0.0833. The molecular weight excluding hydrogens is 210 g/mol. The van der Waals surface area contributed by atoms with Crippen molar-refractivity contribution in [1.82, 2.24) is 4.98 Å². The molecule has 0 aliphatic carbocycles. The number of hydrogen-bond acceptors (Lipinski definition) is 1. The van der Waals surface area contributed by atoms with E-state index in [1.54, 1.807) is 6.20 Å². The molecule has 0 bridgehead atoms. The lowest BCUT2D eigenvalue weighted by molar-refractivity contribution is 1.22. The molecule has 0 amide bonds. The summed E-state index contributed by atoms with van der Waals surface area (Å²) < 4.78 is 0. The fourth-order valence-electron chi connectivity index (χ4n) is 1.51. The number of nitrogens with one attached hydrogen (secondary N) is 1. The van der Waals surface area contributed by atoms with Gasteiger partial charge in [-0.25, -0.2) is 0 Å². The zero-order chi connectivity index (χ0) is 10.7. The van der Waals surface area contributed by atoms with E-state index in [1.807, 2.05) is 30.3 Å². The first-order chi connectivity index (χ1) is 7.33. The van der Waals surface area contributed by atoms with Gasteiger partial charge in [-0.15, -0.1) is 11.6 Å². The third-order valence-electron chi connectivity index (χ3n) is 2.26. The van der Waals surface area contributed by atoms with Crippen molar-refractivity contribution in [1.29, 1.82) is 0 Å². The molecular formula is C12H10ClNO. The predicted octanol–water partition coefficient (Wildman–Crippen LogP) is 2.78. The van der Waals surface area contributed by atoms with Gasteiger partial charge in [-0.1, -0.05) is 30.3 Å². The molecule has 0 atom stereocenters. The van der Waals surface area contributed by atoms with Crippen molar-refractivity contribution in [3.8, 4) is 11.3 Å². The van der Waals surface area contributed by atoms with E-state index in [-0.39, 0.29) is 11.3 Å². The monoisotopic (exact) mass is 219 g/mol. The normalized spacial score (nSPS) is 10.2. The number of aromatic nitrogens is 1. The molecule has 2 nitrogen and oxygen atoms in total. The van der Waals surface area contributed by atoms with E-state index < -0.39 is 0 Å². The molecule has 0 saturated carbocycles. The number of aromatic amines is 1. The maximum Gasteiger partial charge on any atom is 0.186 e. The molecule has 2 aromatic rings. The van der Waals surface area contributed by atoms with Gasteiger partial charge in [-0.05, 0) is 5.56 Å². The van der Waals surface area contributed by atoms with Crippen LogP contribution in [0.4, 0.5) is 0 Å².